The second kappa shape index (κ2) is 15.5. The Morgan fingerprint density at radius 3 is 2.12 bits per heavy atom. The van der Waals surface area contributed by atoms with Gasteiger partial charge in [-0.3, -0.25) is 24.0 Å². The van der Waals surface area contributed by atoms with Gasteiger partial charge in [-0.2, -0.15) is 11.8 Å². The number of nitrogens with one attached hydrogen (secondary N) is 4. The summed E-state index contributed by atoms with van der Waals surface area (Å²) in [5.41, 5.74) is 7.12. The highest BCUT2D eigenvalue weighted by molar-refractivity contribution is 7.98. The minimum atomic E-state index is -1.49. The highest BCUT2D eigenvalue weighted by atomic mass is 32.2. The molecule has 1 aromatic heterocycles. The van der Waals surface area contributed by atoms with Crippen molar-refractivity contribution in [3.8, 4) is 0 Å². The van der Waals surface area contributed by atoms with Crippen molar-refractivity contribution in [1.82, 2.24) is 20.9 Å². The number of thioether (sulfide) groups is 1. The maximum Gasteiger partial charge on any atom is 0.326 e. The number of aromatic nitrogens is 1. The monoisotopic (exact) mass is 579 g/mol. The molecule has 1 heterocycles. The van der Waals surface area contributed by atoms with Crippen LogP contribution in [0.2, 0.25) is 0 Å². The third-order valence-electron chi connectivity index (χ3n) is 5.97. The molecule has 0 saturated heterocycles. The third kappa shape index (κ3) is 9.89. The number of carboxylic acid groups (broad SMARTS) is 3. The molecule has 0 fully saturated rings. The fourth-order valence-corrected chi connectivity index (χ4v) is 4.34. The first-order valence-corrected chi connectivity index (χ1v) is 13.7. The van der Waals surface area contributed by atoms with Crippen molar-refractivity contribution in [2.75, 3.05) is 12.0 Å². The first-order valence-electron chi connectivity index (χ1n) is 12.3. The van der Waals surface area contributed by atoms with E-state index in [-0.39, 0.29) is 19.3 Å². The Morgan fingerprint density at radius 2 is 1.50 bits per heavy atom. The zero-order chi connectivity index (χ0) is 29.8. The molecule has 4 atom stereocenters. The number of aromatic amines is 1. The van der Waals surface area contributed by atoms with Crippen LogP contribution in [0.15, 0.2) is 30.5 Å². The smallest absolute Gasteiger partial charge is 0.326 e. The Morgan fingerprint density at radius 1 is 0.875 bits per heavy atom. The van der Waals surface area contributed by atoms with Crippen LogP contribution in [0.4, 0.5) is 0 Å². The maximum atomic E-state index is 13.4. The maximum absolute atomic E-state index is 13.4. The first-order chi connectivity index (χ1) is 18.9. The van der Waals surface area contributed by atoms with Crippen molar-refractivity contribution < 1.29 is 44.1 Å². The summed E-state index contributed by atoms with van der Waals surface area (Å²) in [7, 11) is 0. The molecule has 14 nitrogen and oxygen atoms in total. The van der Waals surface area contributed by atoms with Gasteiger partial charge in [-0.25, -0.2) is 4.79 Å². The highest BCUT2D eigenvalue weighted by Crippen LogP contribution is 2.19. The van der Waals surface area contributed by atoms with E-state index in [9.17, 15) is 33.9 Å². The van der Waals surface area contributed by atoms with Crippen LogP contribution in [0, 0.1) is 0 Å². The van der Waals surface area contributed by atoms with E-state index in [1.54, 1.807) is 18.5 Å². The highest BCUT2D eigenvalue weighted by Gasteiger charge is 2.31. The van der Waals surface area contributed by atoms with Crippen LogP contribution in [0.1, 0.15) is 31.2 Å². The molecule has 0 radical (unpaired) electrons. The van der Waals surface area contributed by atoms with Gasteiger partial charge in [0.25, 0.3) is 0 Å². The van der Waals surface area contributed by atoms with E-state index in [0.717, 1.165) is 10.9 Å². The minimum absolute atomic E-state index is 0.0331. The Hall–Kier alpha value is -4.11. The number of fused-ring (bicyclic) bond motifs is 1. The summed E-state index contributed by atoms with van der Waals surface area (Å²) < 4.78 is 0. The van der Waals surface area contributed by atoms with Gasteiger partial charge in [-0.15, -0.1) is 0 Å². The van der Waals surface area contributed by atoms with Gasteiger partial charge >= 0.3 is 17.9 Å². The van der Waals surface area contributed by atoms with Gasteiger partial charge < -0.3 is 42.0 Å². The standard InChI is InChI=1S/C25H33N5O9S/c1-40-9-8-17(23(36)29-18(25(38)39)6-7-20(31)32)28-24(37)19(30-22(35)15(26)11-21(33)34)10-13-12-27-16-5-3-2-4-14(13)16/h2-5,12,15,17-19,27H,6-11,26H2,1H3,(H,28,37)(H,29,36)(H,30,35)(H,31,32)(H,33,34)(H,38,39). The van der Waals surface area contributed by atoms with E-state index in [1.807, 2.05) is 18.2 Å². The lowest BCUT2D eigenvalue weighted by atomic mass is 10.0. The average Bonchev–Trinajstić information content (AvgIpc) is 3.30. The predicted octanol–water partition coefficient (Wildman–Crippen LogP) is -0.331. The number of hydrogen-bond acceptors (Lipinski definition) is 8. The summed E-state index contributed by atoms with van der Waals surface area (Å²) in [5.74, 6) is -6.04. The molecule has 2 rings (SSSR count). The average molecular weight is 580 g/mol. The molecule has 0 aliphatic heterocycles. The number of nitrogens with two attached hydrogens (primary N) is 1. The fraction of sp³-hybridized carbons (Fsp3) is 0.440. The number of para-hydroxylation sites is 1. The zero-order valence-corrected chi connectivity index (χ0v) is 22.5. The topological polar surface area (TPSA) is 241 Å². The van der Waals surface area contributed by atoms with Crippen molar-refractivity contribution in [2.45, 2.75) is 56.3 Å². The van der Waals surface area contributed by atoms with Crippen molar-refractivity contribution in [1.29, 1.82) is 0 Å². The minimum Gasteiger partial charge on any atom is -0.481 e. The van der Waals surface area contributed by atoms with Gasteiger partial charge in [0, 0.05) is 29.9 Å². The Bertz CT molecular complexity index is 1230. The molecule has 4 unspecified atom stereocenters. The lowest BCUT2D eigenvalue weighted by Gasteiger charge is -2.25. The molecular formula is C25H33N5O9S. The van der Waals surface area contributed by atoms with Crippen LogP contribution in [0.25, 0.3) is 10.9 Å². The molecule has 0 saturated carbocycles. The number of carbonyl (C=O) groups is 6. The summed E-state index contributed by atoms with van der Waals surface area (Å²) in [5, 5.41) is 35.3. The number of hydrogen-bond donors (Lipinski definition) is 8. The molecule has 40 heavy (non-hydrogen) atoms. The molecule has 9 N–H and O–H groups in total. The van der Waals surface area contributed by atoms with E-state index in [1.165, 1.54) is 11.8 Å². The summed E-state index contributed by atoms with van der Waals surface area (Å²) in [6.07, 6.45) is 1.98. The molecule has 0 aliphatic rings. The zero-order valence-electron chi connectivity index (χ0n) is 21.7. The molecule has 0 bridgehead atoms. The number of benzene rings is 1. The summed E-state index contributed by atoms with van der Waals surface area (Å²) >= 11 is 1.38. The quantitative estimate of drug-likeness (QED) is 0.121. The van der Waals surface area contributed by atoms with E-state index in [4.69, 9.17) is 15.9 Å². The normalized spacial score (nSPS) is 13.9. The number of rotatable bonds is 17. The molecule has 218 valence electrons. The van der Waals surface area contributed by atoms with Crippen molar-refractivity contribution in [3.63, 3.8) is 0 Å². The Balaban J connectivity index is 2.28. The van der Waals surface area contributed by atoms with E-state index < -0.39 is 72.6 Å². The summed E-state index contributed by atoms with van der Waals surface area (Å²) in [4.78, 5) is 75.6. The molecular weight excluding hydrogens is 546 g/mol. The predicted molar refractivity (Wildman–Crippen MR) is 146 cm³/mol. The number of aliphatic carboxylic acids is 3. The van der Waals surface area contributed by atoms with Crippen LogP contribution in [0.5, 0.6) is 0 Å². The molecule has 1 aromatic carbocycles. The number of amides is 3. The number of H-pyrrole nitrogens is 1. The van der Waals surface area contributed by atoms with Crippen molar-refractivity contribution in [2.24, 2.45) is 5.73 Å². The van der Waals surface area contributed by atoms with E-state index >= 15 is 0 Å². The van der Waals surface area contributed by atoms with Gasteiger partial charge in [-0.05, 0) is 36.5 Å². The van der Waals surface area contributed by atoms with Gasteiger partial charge in [0.05, 0.1) is 12.5 Å². The molecule has 0 spiro atoms. The second-order valence-electron chi connectivity index (χ2n) is 9.00. The third-order valence-corrected chi connectivity index (χ3v) is 6.61. The molecule has 15 heteroatoms. The van der Waals surface area contributed by atoms with Crippen molar-refractivity contribution >= 4 is 58.3 Å². The lowest BCUT2D eigenvalue weighted by Crippen LogP contribution is -2.57. The lowest BCUT2D eigenvalue weighted by molar-refractivity contribution is -0.143. The Labute approximate surface area is 233 Å². The van der Waals surface area contributed by atoms with Crippen LogP contribution in [-0.2, 0) is 35.2 Å². The SMILES string of the molecule is CSCCC(NC(=O)C(Cc1c[nH]c2ccccc12)NC(=O)C(N)CC(=O)O)C(=O)NC(CCC(=O)O)C(=O)O. The van der Waals surface area contributed by atoms with E-state index in [2.05, 4.69) is 20.9 Å². The number of carboxylic acids is 3. The molecule has 0 aliphatic carbocycles. The Kier molecular flexibility index (Phi) is 12.4. The van der Waals surface area contributed by atoms with Gasteiger partial charge in [-0.1, -0.05) is 18.2 Å². The van der Waals surface area contributed by atoms with Crippen LogP contribution in [-0.4, -0.2) is 92.1 Å². The molecule has 2 aromatic rings. The van der Waals surface area contributed by atoms with Crippen LogP contribution in [0.3, 0.4) is 0 Å². The summed E-state index contributed by atoms with van der Waals surface area (Å²) in [6, 6.07) is 1.84. The van der Waals surface area contributed by atoms with E-state index in [0.29, 0.717) is 11.3 Å². The first kappa shape index (κ1) is 32.1. The van der Waals surface area contributed by atoms with Crippen LogP contribution < -0.4 is 21.7 Å². The van der Waals surface area contributed by atoms with Crippen molar-refractivity contribution in [3.05, 3.63) is 36.0 Å². The van der Waals surface area contributed by atoms with Crippen LogP contribution >= 0.6 is 11.8 Å². The summed E-state index contributed by atoms with van der Waals surface area (Å²) in [6.45, 7) is 0. The van der Waals surface area contributed by atoms with Gasteiger partial charge in [0.15, 0.2) is 0 Å². The second-order valence-corrected chi connectivity index (χ2v) is 9.99. The van der Waals surface area contributed by atoms with Gasteiger partial charge in [0.2, 0.25) is 17.7 Å². The number of carbonyl (C=O) groups excluding carboxylic acids is 3. The fourth-order valence-electron chi connectivity index (χ4n) is 3.86. The van der Waals surface area contributed by atoms with Gasteiger partial charge in [0.1, 0.15) is 18.1 Å². The largest absolute Gasteiger partial charge is 0.481 e. The molecule has 3 amide bonds.